The Labute approximate surface area is 80.8 Å². The summed E-state index contributed by atoms with van der Waals surface area (Å²) in [7, 11) is 0. The molecule has 0 bridgehead atoms. The molecule has 5 nitrogen and oxygen atoms in total. The maximum atomic E-state index is 11.5. The molecule has 0 aliphatic carbocycles. The molecule has 1 aromatic heterocycles. The van der Waals surface area contributed by atoms with Crippen molar-refractivity contribution in [1.82, 2.24) is 4.98 Å². The summed E-state index contributed by atoms with van der Waals surface area (Å²) >= 11 is 0. The van der Waals surface area contributed by atoms with Gasteiger partial charge in [-0.05, 0) is 12.1 Å². The molecule has 0 spiro atoms. The van der Waals surface area contributed by atoms with Crippen LogP contribution in [0, 0.1) is 0 Å². The number of anilines is 1. The molecular weight excluding hydrogens is 182 g/mol. The Hall–Kier alpha value is -1.91. The van der Waals surface area contributed by atoms with Crippen molar-refractivity contribution in [3.8, 4) is 0 Å². The largest absolute Gasteiger partial charge is 0.382 e. The molecule has 1 amide bonds. The van der Waals surface area contributed by atoms with Crippen molar-refractivity contribution in [2.24, 2.45) is 5.16 Å². The topological polar surface area (TPSA) is 63.6 Å². The number of carbonyl (C=O) groups excluding carboxylic acids is 1. The van der Waals surface area contributed by atoms with E-state index in [0.29, 0.717) is 12.1 Å². The molecule has 0 radical (unpaired) electrons. The van der Waals surface area contributed by atoms with Gasteiger partial charge in [0, 0.05) is 18.8 Å². The van der Waals surface area contributed by atoms with Gasteiger partial charge in [0.2, 0.25) is 6.10 Å². The molecule has 2 heterocycles. The molecule has 1 atom stereocenters. The zero-order valence-corrected chi connectivity index (χ0v) is 7.38. The van der Waals surface area contributed by atoms with Crippen LogP contribution in [-0.4, -0.2) is 23.2 Å². The third-order valence-corrected chi connectivity index (χ3v) is 1.80. The van der Waals surface area contributed by atoms with Crippen molar-refractivity contribution < 1.29 is 9.63 Å². The summed E-state index contributed by atoms with van der Waals surface area (Å²) in [5.41, 5.74) is 0.660. The third kappa shape index (κ3) is 1.87. The smallest absolute Gasteiger partial charge is 0.268 e. The van der Waals surface area contributed by atoms with Gasteiger partial charge in [-0.3, -0.25) is 9.78 Å². The van der Waals surface area contributed by atoms with E-state index in [1.165, 1.54) is 0 Å². The van der Waals surface area contributed by atoms with Crippen LogP contribution < -0.4 is 5.32 Å². The Morgan fingerprint density at radius 1 is 1.64 bits per heavy atom. The molecule has 2 rings (SSSR count). The quantitative estimate of drug-likeness (QED) is 0.751. The van der Waals surface area contributed by atoms with Crippen molar-refractivity contribution in [2.75, 3.05) is 5.32 Å². The Bertz CT molecular complexity index is 342. The van der Waals surface area contributed by atoms with Crippen LogP contribution in [0.1, 0.15) is 6.42 Å². The second-order valence-electron chi connectivity index (χ2n) is 2.85. The fourth-order valence-corrected chi connectivity index (χ4v) is 1.11. The van der Waals surface area contributed by atoms with Gasteiger partial charge in [-0.1, -0.05) is 5.16 Å². The van der Waals surface area contributed by atoms with Crippen LogP contribution in [-0.2, 0) is 9.63 Å². The van der Waals surface area contributed by atoms with Crippen LogP contribution in [0.5, 0.6) is 0 Å². The predicted octanol–water partition coefficient (Wildman–Crippen LogP) is 0.795. The minimum absolute atomic E-state index is 0.199. The van der Waals surface area contributed by atoms with Crippen LogP contribution in [0.2, 0.25) is 0 Å². The van der Waals surface area contributed by atoms with E-state index in [2.05, 4.69) is 15.5 Å². The van der Waals surface area contributed by atoms with Crippen LogP contribution in [0.4, 0.5) is 5.69 Å². The van der Waals surface area contributed by atoms with Crippen LogP contribution in [0.25, 0.3) is 0 Å². The normalized spacial score (nSPS) is 19.0. The minimum atomic E-state index is -0.504. The van der Waals surface area contributed by atoms with Crippen molar-refractivity contribution in [1.29, 1.82) is 0 Å². The number of carbonyl (C=O) groups is 1. The lowest BCUT2D eigenvalue weighted by Crippen LogP contribution is -2.27. The highest BCUT2D eigenvalue weighted by molar-refractivity contribution is 5.95. The molecule has 0 aromatic carbocycles. The van der Waals surface area contributed by atoms with E-state index in [-0.39, 0.29) is 5.91 Å². The van der Waals surface area contributed by atoms with Crippen molar-refractivity contribution in [3.05, 3.63) is 24.5 Å². The fourth-order valence-electron chi connectivity index (χ4n) is 1.11. The van der Waals surface area contributed by atoms with E-state index in [4.69, 9.17) is 4.84 Å². The number of amides is 1. The van der Waals surface area contributed by atoms with Gasteiger partial charge in [-0.15, -0.1) is 0 Å². The lowest BCUT2D eigenvalue weighted by Gasteiger charge is -2.08. The molecule has 0 fully saturated rings. The van der Waals surface area contributed by atoms with Crippen molar-refractivity contribution >= 4 is 17.8 Å². The molecule has 1 N–H and O–H groups in total. The first-order chi connectivity index (χ1) is 6.86. The molecule has 0 saturated heterocycles. The van der Waals surface area contributed by atoms with Gasteiger partial charge in [0.05, 0.1) is 11.9 Å². The zero-order chi connectivity index (χ0) is 9.80. The lowest BCUT2D eigenvalue weighted by atomic mass is 10.2. The first kappa shape index (κ1) is 8.68. The highest BCUT2D eigenvalue weighted by Gasteiger charge is 2.22. The van der Waals surface area contributed by atoms with Crippen LogP contribution in [0.3, 0.4) is 0 Å². The van der Waals surface area contributed by atoms with Crippen molar-refractivity contribution in [3.63, 3.8) is 0 Å². The minimum Gasteiger partial charge on any atom is -0.382 e. The average molecular weight is 191 g/mol. The summed E-state index contributed by atoms with van der Waals surface area (Å²) in [5.74, 6) is -0.199. The monoisotopic (exact) mass is 191 g/mol. The summed E-state index contributed by atoms with van der Waals surface area (Å²) in [6.07, 6.45) is 4.81. The van der Waals surface area contributed by atoms with Crippen LogP contribution in [0.15, 0.2) is 29.7 Å². The highest BCUT2D eigenvalue weighted by atomic mass is 16.6. The average Bonchev–Trinajstić information content (AvgIpc) is 2.72. The van der Waals surface area contributed by atoms with E-state index in [1.807, 2.05) is 0 Å². The molecule has 1 aliphatic rings. The lowest BCUT2D eigenvalue weighted by molar-refractivity contribution is -0.125. The summed E-state index contributed by atoms with van der Waals surface area (Å²) in [6.45, 7) is 0. The number of hydrogen-bond acceptors (Lipinski definition) is 4. The standard InChI is InChI=1S/C9H9N3O2/c13-9(8-3-5-11-14-8)12-7-2-1-4-10-6-7/h1-2,4-6,8H,3H2,(H,12,13). The summed E-state index contributed by atoms with van der Waals surface area (Å²) in [6, 6.07) is 3.52. The Kier molecular flexibility index (Phi) is 2.40. The number of hydrogen-bond donors (Lipinski definition) is 1. The number of oxime groups is 1. The number of rotatable bonds is 2. The maximum absolute atomic E-state index is 11.5. The van der Waals surface area contributed by atoms with Crippen molar-refractivity contribution in [2.45, 2.75) is 12.5 Å². The summed E-state index contributed by atoms with van der Waals surface area (Å²) in [4.78, 5) is 20.2. The van der Waals surface area contributed by atoms with Gasteiger partial charge in [0.25, 0.3) is 5.91 Å². The van der Waals surface area contributed by atoms with E-state index < -0.39 is 6.10 Å². The molecule has 1 aromatic rings. The molecule has 72 valence electrons. The maximum Gasteiger partial charge on any atom is 0.268 e. The van der Waals surface area contributed by atoms with Gasteiger partial charge in [0.15, 0.2) is 0 Å². The second kappa shape index (κ2) is 3.87. The number of nitrogens with one attached hydrogen (secondary N) is 1. The fraction of sp³-hybridized carbons (Fsp3) is 0.222. The van der Waals surface area contributed by atoms with Gasteiger partial charge in [-0.25, -0.2) is 0 Å². The van der Waals surface area contributed by atoms with E-state index in [9.17, 15) is 4.79 Å². The predicted molar refractivity (Wildman–Crippen MR) is 50.8 cm³/mol. The molecule has 0 saturated carbocycles. The number of pyridine rings is 1. The van der Waals surface area contributed by atoms with E-state index >= 15 is 0 Å². The summed E-state index contributed by atoms with van der Waals surface area (Å²) in [5, 5.41) is 6.20. The molecule has 1 aliphatic heterocycles. The molecule has 5 heteroatoms. The van der Waals surface area contributed by atoms with Gasteiger partial charge < -0.3 is 10.2 Å². The van der Waals surface area contributed by atoms with E-state index in [1.54, 1.807) is 30.7 Å². The molecular formula is C9H9N3O2. The first-order valence-corrected chi connectivity index (χ1v) is 4.25. The Morgan fingerprint density at radius 3 is 3.21 bits per heavy atom. The molecule has 14 heavy (non-hydrogen) atoms. The molecule has 1 unspecified atom stereocenters. The number of aromatic nitrogens is 1. The Balaban J connectivity index is 1.95. The van der Waals surface area contributed by atoms with Gasteiger partial charge >= 0.3 is 0 Å². The highest BCUT2D eigenvalue weighted by Crippen LogP contribution is 2.09. The Morgan fingerprint density at radius 2 is 2.57 bits per heavy atom. The summed E-state index contributed by atoms with van der Waals surface area (Å²) < 4.78 is 0. The first-order valence-electron chi connectivity index (χ1n) is 4.25. The zero-order valence-electron chi connectivity index (χ0n) is 7.38. The third-order valence-electron chi connectivity index (χ3n) is 1.80. The van der Waals surface area contributed by atoms with E-state index in [0.717, 1.165) is 0 Å². The SMILES string of the molecule is O=C(Nc1cccnc1)C1CC=NO1. The number of nitrogens with zero attached hydrogens (tertiary/aromatic N) is 2. The van der Waals surface area contributed by atoms with Crippen LogP contribution >= 0.6 is 0 Å². The van der Waals surface area contributed by atoms with Gasteiger partial charge in [-0.2, -0.15) is 0 Å². The second-order valence-corrected chi connectivity index (χ2v) is 2.85. The van der Waals surface area contributed by atoms with Gasteiger partial charge in [0.1, 0.15) is 0 Å².